The summed E-state index contributed by atoms with van der Waals surface area (Å²) in [7, 11) is -2.60. The Kier molecular flexibility index (Phi) is 7.37. The molecule has 1 aromatic carbocycles. The van der Waals surface area contributed by atoms with E-state index in [4.69, 9.17) is 9.15 Å². The second-order valence-electron chi connectivity index (χ2n) is 7.90. The molecule has 3 aromatic rings. The summed E-state index contributed by atoms with van der Waals surface area (Å²) in [6.45, 7) is 5.54. The standard InChI is InChI=1S/C21H25N5O7S/c1-13(2)11-23-34(30,31)18-10-15(26(28)29)7-8-17(18)33-21-14(3)19(24-25(21)4)20(27)22-12-16-6-5-9-32-16/h5-10,13,23H,11-12H2,1-4H3,(H,22,27). The van der Waals surface area contributed by atoms with Gasteiger partial charge in [-0.25, -0.2) is 17.8 Å². The second kappa shape index (κ2) is 10.1. The van der Waals surface area contributed by atoms with Crippen LogP contribution in [0.25, 0.3) is 0 Å². The maximum absolute atomic E-state index is 12.9. The number of nitrogens with zero attached hydrogens (tertiary/aromatic N) is 3. The van der Waals surface area contributed by atoms with Crippen molar-refractivity contribution in [2.24, 2.45) is 13.0 Å². The number of ether oxygens (including phenoxy) is 1. The fourth-order valence-corrected chi connectivity index (χ4v) is 4.36. The molecule has 0 aliphatic heterocycles. The second-order valence-corrected chi connectivity index (χ2v) is 9.64. The molecule has 0 atom stereocenters. The molecule has 34 heavy (non-hydrogen) atoms. The van der Waals surface area contributed by atoms with E-state index >= 15 is 0 Å². The van der Waals surface area contributed by atoms with Gasteiger partial charge in [0, 0.05) is 31.3 Å². The van der Waals surface area contributed by atoms with Crippen LogP contribution in [0.2, 0.25) is 0 Å². The van der Waals surface area contributed by atoms with Gasteiger partial charge in [0.1, 0.15) is 16.4 Å². The molecule has 3 rings (SSSR count). The Morgan fingerprint density at radius 3 is 2.68 bits per heavy atom. The predicted octanol–water partition coefficient (Wildman–Crippen LogP) is 2.89. The molecular weight excluding hydrogens is 466 g/mol. The lowest BCUT2D eigenvalue weighted by Crippen LogP contribution is -2.28. The number of aryl methyl sites for hydroxylation is 1. The summed E-state index contributed by atoms with van der Waals surface area (Å²) < 4.78 is 40.5. The number of furan rings is 1. The number of sulfonamides is 1. The molecule has 0 saturated heterocycles. The van der Waals surface area contributed by atoms with Crippen LogP contribution in [0, 0.1) is 23.0 Å². The van der Waals surface area contributed by atoms with Gasteiger partial charge in [0.2, 0.25) is 15.9 Å². The van der Waals surface area contributed by atoms with Crippen LogP contribution in [0.15, 0.2) is 45.9 Å². The van der Waals surface area contributed by atoms with Crippen LogP contribution in [-0.2, 0) is 23.6 Å². The molecule has 2 heterocycles. The first kappa shape index (κ1) is 24.9. The van der Waals surface area contributed by atoms with E-state index in [1.807, 2.05) is 13.8 Å². The first-order valence-electron chi connectivity index (χ1n) is 10.3. The van der Waals surface area contributed by atoms with Crippen LogP contribution < -0.4 is 14.8 Å². The highest BCUT2D eigenvalue weighted by atomic mass is 32.2. The first-order chi connectivity index (χ1) is 16.0. The lowest BCUT2D eigenvalue weighted by molar-refractivity contribution is -0.385. The Morgan fingerprint density at radius 2 is 2.06 bits per heavy atom. The van der Waals surface area contributed by atoms with E-state index in [0.29, 0.717) is 11.3 Å². The summed E-state index contributed by atoms with van der Waals surface area (Å²) in [5.74, 6) is 0.0646. The third-order valence-electron chi connectivity index (χ3n) is 4.75. The summed E-state index contributed by atoms with van der Waals surface area (Å²) in [4.78, 5) is 22.8. The topological polar surface area (TPSA) is 159 Å². The zero-order valence-electron chi connectivity index (χ0n) is 19.1. The zero-order chi connectivity index (χ0) is 25.0. The van der Waals surface area contributed by atoms with Gasteiger partial charge in [-0.15, -0.1) is 0 Å². The fourth-order valence-electron chi connectivity index (χ4n) is 3.00. The molecule has 0 saturated carbocycles. The summed E-state index contributed by atoms with van der Waals surface area (Å²) in [6.07, 6.45) is 1.49. The Morgan fingerprint density at radius 1 is 1.32 bits per heavy atom. The lowest BCUT2D eigenvalue weighted by atomic mass is 10.2. The van der Waals surface area contributed by atoms with Gasteiger partial charge in [0.25, 0.3) is 11.6 Å². The molecule has 0 fully saturated rings. The quantitative estimate of drug-likeness (QED) is 0.323. The maximum atomic E-state index is 12.9. The van der Waals surface area contributed by atoms with Crippen molar-refractivity contribution in [2.45, 2.75) is 32.2 Å². The van der Waals surface area contributed by atoms with Crippen LogP contribution in [0.3, 0.4) is 0 Å². The highest BCUT2D eigenvalue weighted by molar-refractivity contribution is 7.89. The molecule has 2 aromatic heterocycles. The SMILES string of the molecule is Cc1c(C(=O)NCc2ccco2)nn(C)c1Oc1ccc([N+](=O)[O-])cc1S(=O)(=O)NCC(C)C. The van der Waals surface area contributed by atoms with Gasteiger partial charge in [-0.1, -0.05) is 13.8 Å². The number of nitrogens with one attached hydrogen (secondary N) is 2. The van der Waals surface area contributed by atoms with Gasteiger partial charge in [-0.3, -0.25) is 14.9 Å². The molecule has 0 unspecified atom stereocenters. The monoisotopic (exact) mass is 491 g/mol. The lowest BCUT2D eigenvalue weighted by Gasteiger charge is -2.14. The molecule has 0 aliphatic carbocycles. The van der Waals surface area contributed by atoms with Gasteiger partial charge in [0.15, 0.2) is 5.69 Å². The molecule has 0 bridgehead atoms. The normalized spacial score (nSPS) is 11.6. The zero-order valence-corrected chi connectivity index (χ0v) is 19.9. The average molecular weight is 492 g/mol. The van der Waals surface area contributed by atoms with E-state index in [2.05, 4.69) is 15.1 Å². The number of hydrogen-bond acceptors (Lipinski definition) is 8. The fraction of sp³-hybridized carbons (Fsp3) is 0.333. The smallest absolute Gasteiger partial charge is 0.272 e. The van der Waals surface area contributed by atoms with Crippen LogP contribution in [0.4, 0.5) is 5.69 Å². The number of benzene rings is 1. The number of non-ortho nitro benzene ring substituents is 1. The van der Waals surface area contributed by atoms with Crippen LogP contribution >= 0.6 is 0 Å². The van der Waals surface area contributed by atoms with E-state index in [9.17, 15) is 23.3 Å². The molecule has 0 spiro atoms. The molecular formula is C21H25N5O7S. The average Bonchev–Trinajstić information content (AvgIpc) is 3.40. The number of carbonyl (C=O) groups is 1. The maximum Gasteiger partial charge on any atom is 0.272 e. The summed E-state index contributed by atoms with van der Waals surface area (Å²) in [5, 5.41) is 18.1. The van der Waals surface area contributed by atoms with E-state index < -0.39 is 31.4 Å². The van der Waals surface area contributed by atoms with Crippen molar-refractivity contribution in [1.82, 2.24) is 19.8 Å². The first-order valence-corrected chi connectivity index (χ1v) is 11.8. The number of hydrogen-bond donors (Lipinski definition) is 2. The molecule has 1 amide bonds. The van der Waals surface area contributed by atoms with Crippen molar-refractivity contribution in [2.75, 3.05) is 6.54 Å². The third kappa shape index (κ3) is 5.61. The molecule has 182 valence electrons. The minimum absolute atomic E-state index is 0.0133. The Hall–Kier alpha value is -3.71. The minimum atomic E-state index is -4.13. The Balaban J connectivity index is 1.93. The van der Waals surface area contributed by atoms with Gasteiger partial charge in [-0.05, 0) is 31.0 Å². The summed E-state index contributed by atoms with van der Waals surface area (Å²) in [6, 6.07) is 6.68. The van der Waals surface area contributed by atoms with Crippen molar-refractivity contribution in [3.63, 3.8) is 0 Å². The van der Waals surface area contributed by atoms with Gasteiger partial charge < -0.3 is 14.5 Å². The van der Waals surface area contributed by atoms with Crippen molar-refractivity contribution in [3.05, 3.63) is 63.7 Å². The Bertz CT molecular complexity index is 1300. The number of amides is 1. The molecule has 0 radical (unpaired) electrons. The van der Waals surface area contributed by atoms with E-state index in [1.165, 1.54) is 24.1 Å². The summed E-state index contributed by atoms with van der Waals surface area (Å²) in [5.41, 5.74) is 0.0292. The molecule has 2 N–H and O–H groups in total. The van der Waals surface area contributed by atoms with Crippen molar-refractivity contribution in [1.29, 1.82) is 0 Å². The van der Waals surface area contributed by atoms with Crippen molar-refractivity contribution < 1.29 is 27.3 Å². The van der Waals surface area contributed by atoms with Gasteiger partial charge in [-0.2, -0.15) is 5.10 Å². The molecule has 12 nitrogen and oxygen atoms in total. The van der Waals surface area contributed by atoms with E-state index in [-0.39, 0.29) is 36.3 Å². The predicted molar refractivity (Wildman–Crippen MR) is 121 cm³/mol. The van der Waals surface area contributed by atoms with Crippen LogP contribution in [0.5, 0.6) is 11.6 Å². The molecule has 13 heteroatoms. The van der Waals surface area contributed by atoms with Gasteiger partial charge in [0.05, 0.1) is 17.7 Å². The number of nitro groups is 1. The highest BCUT2D eigenvalue weighted by Gasteiger charge is 2.26. The number of rotatable bonds is 10. The number of carbonyl (C=O) groups excluding carboxylic acids is 1. The highest BCUT2D eigenvalue weighted by Crippen LogP contribution is 2.34. The Labute approximate surface area is 196 Å². The van der Waals surface area contributed by atoms with Gasteiger partial charge >= 0.3 is 0 Å². The third-order valence-corrected chi connectivity index (χ3v) is 6.20. The molecule has 0 aliphatic rings. The largest absolute Gasteiger partial charge is 0.467 e. The number of nitro benzene ring substituents is 1. The van der Waals surface area contributed by atoms with Crippen LogP contribution in [-0.4, -0.2) is 35.6 Å². The van der Waals surface area contributed by atoms with Crippen LogP contribution in [0.1, 0.15) is 35.7 Å². The minimum Gasteiger partial charge on any atom is -0.467 e. The van der Waals surface area contributed by atoms with Crippen molar-refractivity contribution >= 4 is 21.6 Å². The van der Waals surface area contributed by atoms with E-state index in [0.717, 1.165) is 12.1 Å². The van der Waals surface area contributed by atoms with Crippen molar-refractivity contribution in [3.8, 4) is 11.6 Å². The summed E-state index contributed by atoms with van der Waals surface area (Å²) >= 11 is 0. The number of aromatic nitrogens is 2. The van der Waals surface area contributed by atoms with E-state index in [1.54, 1.807) is 19.1 Å².